The van der Waals surface area contributed by atoms with Crippen molar-refractivity contribution in [2.45, 2.75) is 44.5 Å². The minimum Gasteiger partial charge on any atom is -0.392 e. The minimum absolute atomic E-state index is 0.0127. The van der Waals surface area contributed by atoms with Crippen LogP contribution in [0, 0.1) is 0 Å². The monoisotopic (exact) mass is 627 g/mol. The number of nitrogens with zero attached hydrogens (tertiary/aromatic N) is 2. The molecule has 0 unspecified atom stereocenters. The van der Waals surface area contributed by atoms with Crippen LogP contribution in [0.4, 0.5) is 0 Å². The molecule has 0 spiro atoms. The van der Waals surface area contributed by atoms with Gasteiger partial charge in [-0.3, -0.25) is 9.78 Å². The third-order valence-corrected chi connectivity index (χ3v) is 8.54. The highest BCUT2D eigenvalue weighted by Gasteiger charge is 2.32. The first-order valence-electron chi connectivity index (χ1n) is 16.2. The average molecular weight is 628 g/mol. The molecule has 6 rings (SSSR count). The molecule has 1 aliphatic rings. The number of benzene rings is 4. The molecule has 3 atom stereocenters. The maximum absolute atomic E-state index is 12.5. The molecule has 5 aromatic rings. The number of hydrogen-bond acceptors (Lipinski definition) is 6. The van der Waals surface area contributed by atoms with Crippen molar-refractivity contribution in [2.24, 2.45) is 0 Å². The van der Waals surface area contributed by atoms with Crippen molar-refractivity contribution in [3.05, 3.63) is 161 Å². The number of ether oxygens (including phenoxy) is 2. The van der Waals surface area contributed by atoms with Crippen molar-refractivity contribution in [1.29, 1.82) is 0 Å². The summed E-state index contributed by atoms with van der Waals surface area (Å²) in [5, 5.41) is 12.6. The van der Waals surface area contributed by atoms with Gasteiger partial charge >= 0.3 is 0 Å². The molecule has 0 bridgehead atoms. The second-order valence-electron chi connectivity index (χ2n) is 12.1. The highest BCUT2D eigenvalue weighted by atomic mass is 16.7. The van der Waals surface area contributed by atoms with Crippen LogP contribution in [-0.2, 0) is 29.0 Å². The Morgan fingerprint density at radius 3 is 2.34 bits per heavy atom. The Hall–Kier alpha value is -4.66. The van der Waals surface area contributed by atoms with Crippen molar-refractivity contribution in [3.63, 3.8) is 0 Å². The summed E-state index contributed by atoms with van der Waals surface area (Å²) >= 11 is 0. The van der Waals surface area contributed by atoms with Gasteiger partial charge in [0.25, 0.3) is 5.91 Å². The number of carbonyl (C=O) groups is 1. The van der Waals surface area contributed by atoms with Crippen LogP contribution in [0.3, 0.4) is 0 Å². The van der Waals surface area contributed by atoms with Crippen LogP contribution in [0.15, 0.2) is 128 Å². The van der Waals surface area contributed by atoms with Crippen molar-refractivity contribution in [1.82, 2.24) is 15.2 Å². The molecule has 0 saturated carbocycles. The van der Waals surface area contributed by atoms with E-state index in [2.05, 4.69) is 64.7 Å². The van der Waals surface area contributed by atoms with Crippen LogP contribution < -0.4 is 5.32 Å². The van der Waals surface area contributed by atoms with Gasteiger partial charge in [-0.25, -0.2) is 0 Å². The van der Waals surface area contributed by atoms with E-state index in [1.54, 1.807) is 0 Å². The maximum atomic E-state index is 12.5. The lowest BCUT2D eigenvalue weighted by atomic mass is 9.99. The second kappa shape index (κ2) is 15.8. The summed E-state index contributed by atoms with van der Waals surface area (Å²) in [6.07, 6.45) is 2.75. The molecule has 7 heteroatoms. The fourth-order valence-electron chi connectivity index (χ4n) is 5.89. The predicted molar refractivity (Wildman–Crippen MR) is 183 cm³/mol. The summed E-state index contributed by atoms with van der Waals surface area (Å²) < 4.78 is 13.2. The highest BCUT2D eigenvalue weighted by Crippen LogP contribution is 2.38. The van der Waals surface area contributed by atoms with Gasteiger partial charge in [0.2, 0.25) is 0 Å². The van der Waals surface area contributed by atoms with Gasteiger partial charge in [-0.05, 0) is 65.2 Å². The molecule has 1 aromatic heterocycles. The molecule has 2 heterocycles. The quantitative estimate of drug-likeness (QED) is 0.157. The van der Waals surface area contributed by atoms with Gasteiger partial charge in [0.15, 0.2) is 6.29 Å². The molecule has 1 fully saturated rings. The van der Waals surface area contributed by atoms with Gasteiger partial charge in [0.1, 0.15) is 0 Å². The Balaban J connectivity index is 1.14. The van der Waals surface area contributed by atoms with Gasteiger partial charge in [0.05, 0.1) is 18.8 Å². The van der Waals surface area contributed by atoms with E-state index >= 15 is 0 Å². The molecule has 1 saturated heterocycles. The number of hydrogen-bond donors (Lipinski definition) is 2. The zero-order valence-electron chi connectivity index (χ0n) is 26.7. The van der Waals surface area contributed by atoms with Gasteiger partial charge in [-0.2, -0.15) is 0 Å². The molecule has 2 N–H and O–H groups in total. The molecule has 1 amide bonds. The number of pyridine rings is 1. The van der Waals surface area contributed by atoms with Crippen LogP contribution in [0.1, 0.15) is 57.1 Å². The van der Waals surface area contributed by atoms with Gasteiger partial charge in [0, 0.05) is 55.5 Å². The van der Waals surface area contributed by atoms with Crippen molar-refractivity contribution < 1.29 is 19.4 Å². The predicted octanol–water partition coefficient (Wildman–Crippen LogP) is 6.89. The van der Waals surface area contributed by atoms with E-state index in [0.29, 0.717) is 12.1 Å². The number of carbonyl (C=O) groups excluding carboxylic acids is 1. The third kappa shape index (κ3) is 8.78. The average Bonchev–Trinajstić information content (AvgIpc) is 3.14. The van der Waals surface area contributed by atoms with E-state index in [4.69, 9.17) is 9.47 Å². The van der Waals surface area contributed by atoms with Crippen LogP contribution >= 0.6 is 0 Å². The van der Waals surface area contributed by atoms with Crippen LogP contribution in [0.2, 0.25) is 0 Å². The van der Waals surface area contributed by atoms with Gasteiger partial charge in [-0.1, -0.05) is 91.0 Å². The van der Waals surface area contributed by atoms with Crippen molar-refractivity contribution in [3.8, 4) is 11.1 Å². The summed E-state index contributed by atoms with van der Waals surface area (Å²) in [4.78, 5) is 19.3. The van der Waals surface area contributed by atoms with Crippen LogP contribution in [-0.4, -0.2) is 47.1 Å². The van der Waals surface area contributed by atoms with E-state index in [1.165, 1.54) is 0 Å². The summed E-state index contributed by atoms with van der Waals surface area (Å²) in [6.45, 7) is 2.10. The number of aliphatic hydroxyl groups excluding tert-OH is 1. The molecule has 0 radical (unpaired) electrons. The Morgan fingerprint density at radius 2 is 1.60 bits per heavy atom. The molecule has 1 aliphatic heterocycles. The minimum atomic E-state index is -0.519. The Kier molecular flexibility index (Phi) is 10.8. The first-order chi connectivity index (χ1) is 23.0. The Morgan fingerprint density at radius 1 is 0.830 bits per heavy atom. The van der Waals surface area contributed by atoms with E-state index in [1.807, 2.05) is 85.1 Å². The van der Waals surface area contributed by atoms with E-state index in [9.17, 15) is 9.90 Å². The molecule has 47 heavy (non-hydrogen) atoms. The molecule has 240 valence electrons. The van der Waals surface area contributed by atoms with Crippen LogP contribution in [0.5, 0.6) is 0 Å². The molecule has 0 aliphatic carbocycles. The Labute approximate surface area is 276 Å². The maximum Gasteiger partial charge on any atom is 0.251 e. The number of amides is 1. The summed E-state index contributed by atoms with van der Waals surface area (Å²) in [7, 11) is 2.12. The molecular weight excluding hydrogens is 586 g/mol. The zero-order chi connectivity index (χ0) is 32.4. The number of aromatic nitrogens is 1. The first kappa shape index (κ1) is 32.3. The molecule has 4 aromatic carbocycles. The van der Waals surface area contributed by atoms with Crippen molar-refractivity contribution >= 4 is 5.91 Å². The first-order valence-corrected chi connectivity index (χ1v) is 16.2. The number of aliphatic hydroxyl groups is 1. The number of rotatable bonds is 12. The summed E-state index contributed by atoms with van der Waals surface area (Å²) in [5.74, 6) is -0.0896. The number of nitrogens with one attached hydrogen (secondary N) is 1. The largest absolute Gasteiger partial charge is 0.392 e. The number of likely N-dealkylation sites (N-methyl/N-ethyl adjacent to an activating group) is 1. The zero-order valence-corrected chi connectivity index (χ0v) is 26.7. The Bertz CT molecular complexity index is 1710. The third-order valence-electron chi connectivity index (χ3n) is 8.54. The second-order valence-corrected chi connectivity index (χ2v) is 12.1. The lowest BCUT2D eigenvalue weighted by molar-refractivity contribution is -0.252. The lowest BCUT2D eigenvalue weighted by Crippen LogP contribution is -2.38. The SMILES string of the molecule is CN(CCc1ccccn1)C[C@@H]1C[C@H](c2ccc(CO)cc2)O[C@H](c2ccc(-c3cccc(CNC(=O)c4ccccc4)c3)cc2)O1. The van der Waals surface area contributed by atoms with Crippen molar-refractivity contribution in [2.75, 3.05) is 20.1 Å². The van der Waals surface area contributed by atoms with Gasteiger partial charge in [-0.15, -0.1) is 0 Å². The van der Waals surface area contributed by atoms with Gasteiger partial charge < -0.3 is 24.8 Å². The normalized spacial score (nSPS) is 17.8. The fraction of sp³-hybridized carbons (Fsp3) is 0.250. The fourth-order valence-corrected chi connectivity index (χ4v) is 5.89. The smallest absolute Gasteiger partial charge is 0.251 e. The topological polar surface area (TPSA) is 83.9 Å². The standard InChI is InChI=1S/C40H41N3O4/c1-43(23-21-36-12-5-6-22-41-36)27-37-25-38(32-15-13-29(28-44)14-16-32)47-40(46-37)34-19-17-31(18-20-34)35-11-7-8-30(24-35)26-42-39(45)33-9-3-2-4-10-33/h2-20,22,24,37-38,40,44H,21,23,25-28H2,1H3,(H,42,45)/t37-,38+,40+/m0/s1. The van der Waals surface area contributed by atoms with E-state index in [0.717, 1.165) is 65.0 Å². The molecule has 7 nitrogen and oxygen atoms in total. The molecular formula is C40H41N3O4. The highest BCUT2D eigenvalue weighted by molar-refractivity contribution is 5.94. The summed E-state index contributed by atoms with van der Waals surface area (Å²) in [6, 6.07) is 39.8. The van der Waals surface area contributed by atoms with Crippen LogP contribution in [0.25, 0.3) is 11.1 Å². The lowest BCUT2D eigenvalue weighted by Gasteiger charge is -2.38. The van der Waals surface area contributed by atoms with E-state index < -0.39 is 6.29 Å². The summed E-state index contributed by atoms with van der Waals surface area (Å²) in [5.41, 5.74) is 7.80. The van der Waals surface area contributed by atoms with E-state index in [-0.39, 0.29) is 24.7 Å².